The number of hydrogen-bond acceptors (Lipinski definition) is 5. The highest BCUT2D eigenvalue weighted by atomic mass is 16.5. The monoisotopic (exact) mass is 420 g/mol. The molecule has 0 bridgehead atoms. The van der Waals surface area contributed by atoms with Crippen LogP contribution in [0.25, 0.3) is 0 Å². The molecule has 5 nitrogen and oxygen atoms in total. The van der Waals surface area contributed by atoms with Crippen LogP contribution in [0.4, 0.5) is 0 Å². The molecule has 1 saturated heterocycles. The van der Waals surface area contributed by atoms with E-state index < -0.39 is 0 Å². The molecule has 2 aromatic carbocycles. The summed E-state index contributed by atoms with van der Waals surface area (Å²) in [4.78, 5) is 6.93. The van der Waals surface area contributed by atoms with Crippen LogP contribution in [0.5, 0.6) is 11.5 Å². The van der Waals surface area contributed by atoms with Crippen molar-refractivity contribution < 1.29 is 9.47 Å². The summed E-state index contributed by atoms with van der Waals surface area (Å²) >= 11 is 0. The molecular weight excluding hydrogens is 386 g/mol. The maximum absolute atomic E-state index is 6.09. The zero-order valence-corrected chi connectivity index (χ0v) is 19.2. The third kappa shape index (κ3) is 4.99. The minimum Gasteiger partial charge on any atom is -0.497 e. The first-order chi connectivity index (χ1) is 15.0. The minimum atomic E-state index is 0.365. The quantitative estimate of drug-likeness (QED) is 0.660. The van der Waals surface area contributed by atoms with Gasteiger partial charge < -0.3 is 24.2 Å². The van der Waals surface area contributed by atoms with E-state index in [2.05, 4.69) is 72.3 Å². The van der Waals surface area contributed by atoms with Crippen LogP contribution in [0.1, 0.15) is 35.4 Å². The number of nitrogens with zero attached hydrogens (tertiary/aromatic N) is 3. The summed E-state index contributed by atoms with van der Waals surface area (Å²) in [6, 6.07) is 15.0. The second-order valence-electron chi connectivity index (χ2n) is 8.68. The summed E-state index contributed by atoms with van der Waals surface area (Å²) in [7, 11) is 8.17. The summed E-state index contributed by atoms with van der Waals surface area (Å²) in [6.07, 6.45) is 5.52. The molecule has 1 fully saturated rings. The molecule has 2 aromatic rings. The molecule has 2 aliphatic rings. The maximum Gasteiger partial charge on any atom is 0.119 e. The highest BCUT2D eigenvalue weighted by Crippen LogP contribution is 2.35. The molecule has 0 aromatic heterocycles. The lowest BCUT2D eigenvalue weighted by atomic mass is 9.84. The Kier molecular flexibility index (Phi) is 6.71. The van der Waals surface area contributed by atoms with Gasteiger partial charge in [0.15, 0.2) is 0 Å². The molecule has 1 radical (unpaired) electrons. The number of ether oxygens (including phenoxy) is 2. The van der Waals surface area contributed by atoms with Crippen LogP contribution >= 0.6 is 0 Å². The second kappa shape index (κ2) is 9.65. The third-order valence-corrected chi connectivity index (χ3v) is 6.31. The van der Waals surface area contributed by atoms with E-state index in [9.17, 15) is 0 Å². The summed E-state index contributed by atoms with van der Waals surface area (Å²) in [6.45, 7) is 4.80. The Morgan fingerprint density at radius 1 is 0.968 bits per heavy atom. The molecule has 165 valence electrons. The van der Waals surface area contributed by atoms with Crippen LogP contribution in [0.3, 0.4) is 0 Å². The molecule has 2 heterocycles. The van der Waals surface area contributed by atoms with E-state index in [1.807, 2.05) is 12.1 Å². The molecule has 0 aliphatic carbocycles. The highest BCUT2D eigenvalue weighted by Gasteiger charge is 2.25. The van der Waals surface area contributed by atoms with Crippen molar-refractivity contribution in [2.75, 3.05) is 54.5 Å². The van der Waals surface area contributed by atoms with Crippen molar-refractivity contribution in [3.05, 3.63) is 71.1 Å². The van der Waals surface area contributed by atoms with Gasteiger partial charge in [-0.3, -0.25) is 0 Å². The first-order valence-electron chi connectivity index (χ1n) is 11.2. The lowest BCUT2D eigenvalue weighted by molar-refractivity contribution is 0.205. The minimum absolute atomic E-state index is 0.365. The summed E-state index contributed by atoms with van der Waals surface area (Å²) < 4.78 is 11.4. The summed E-state index contributed by atoms with van der Waals surface area (Å²) in [5.74, 6) is 3.39. The molecular formula is C26H34N3O2. The first-order valence-corrected chi connectivity index (χ1v) is 11.2. The number of benzene rings is 2. The molecule has 1 atom stereocenters. The van der Waals surface area contributed by atoms with Gasteiger partial charge in [0.2, 0.25) is 0 Å². The van der Waals surface area contributed by atoms with Crippen molar-refractivity contribution in [2.45, 2.75) is 25.3 Å². The Morgan fingerprint density at radius 3 is 2.39 bits per heavy atom. The summed E-state index contributed by atoms with van der Waals surface area (Å²) in [5.41, 5.74) is 4.07. The zero-order valence-electron chi connectivity index (χ0n) is 19.2. The van der Waals surface area contributed by atoms with Crippen LogP contribution in [-0.4, -0.2) is 69.2 Å². The molecule has 0 spiro atoms. The predicted octanol–water partition coefficient (Wildman–Crippen LogP) is 3.95. The normalized spacial score (nSPS) is 19.2. The Hall–Kier alpha value is -2.66. The van der Waals surface area contributed by atoms with E-state index in [4.69, 9.17) is 9.47 Å². The van der Waals surface area contributed by atoms with Gasteiger partial charge in [-0.25, -0.2) is 0 Å². The highest BCUT2D eigenvalue weighted by molar-refractivity contribution is 5.45. The van der Waals surface area contributed by atoms with Crippen molar-refractivity contribution in [1.82, 2.24) is 14.7 Å². The second-order valence-corrected chi connectivity index (χ2v) is 8.68. The average Bonchev–Trinajstić information content (AvgIpc) is 2.77. The van der Waals surface area contributed by atoms with E-state index in [-0.39, 0.29) is 0 Å². The fraction of sp³-hybridized carbons (Fsp3) is 0.462. The van der Waals surface area contributed by atoms with Crippen LogP contribution in [0.15, 0.2) is 48.3 Å². The van der Waals surface area contributed by atoms with Gasteiger partial charge in [0, 0.05) is 58.7 Å². The Labute approximate surface area is 186 Å². The molecule has 0 amide bonds. The average molecular weight is 421 g/mol. The molecule has 4 rings (SSSR count). The Morgan fingerprint density at radius 2 is 1.68 bits per heavy atom. The number of methoxy groups -OCH3 is 1. The van der Waals surface area contributed by atoms with Crippen LogP contribution in [-0.2, 0) is 6.54 Å². The van der Waals surface area contributed by atoms with Crippen LogP contribution in [0, 0.1) is 6.08 Å². The van der Waals surface area contributed by atoms with Gasteiger partial charge in [-0.1, -0.05) is 18.2 Å². The van der Waals surface area contributed by atoms with Crippen LogP contribution < -0.4 is 9.47 Å². The molecule has 0 saturated carbocycles. The van der Waals surface area contributed by atoms with E-state index in [1.54, 1.807) is 7.11 Å². The maximum atomic E-state index is 6.09. The molecule has 5 heteroatoms. The molecule has 1 unspecified atom stereocenters. The first kappa shape index (κ1) is 21.6. The van der Waals surface area contributed by atoms with Crippen molar-refractivity contribution in [3.63, 3.8) is 0 Å². The smallest absolute Gasteiger partial charge is 0.119 e. The van der Waals surface area contributed by atoms with E-state index in [1.165, 1.54) is 28.9 Å². The van der Waals surface area contributed by atoms with Gasteiger partial charge in [-0.05, 0) is 54.4 Å². The third-order valence-electron chi connectivity index (χ3n) is 6.31. The topological polar surface area (TPSA) is 28.2 Å². The molecule has 2 aliphatic heterocycles. The Bertz CT molecular complexity index is 897. The summed E-state index contributed by atoms with van der Waals surface area (Å²) in [5, 5.41) is 0. The largest absolute Gasteiger partial charge is 0.497 e. The van der Waals surface area contributed by atoms with Crippen LogP contribution in [0.2, 0.25) is 0 Å². The van der Waals surface area contributed by atoms with Gasteiger partial charge in [0.1, 0.15) is 17.3 Å². The van der Waals surface area contributed by atoms with E-state index in [0.29, 0.717) is 12.5 Å². The van der Waals surface area contributed by atoms with Gasteiger partial charge in [0.05, 0.1) is 13.7 Å². The standard InChI is InChI=1S/C26H34N3O2/c1-27-18-21-17-23(31-16-5-7-26-28(2)14-6-15-29(26)3)12-13-24(21)25(19-27)20-8-10-22(30-4)11-9-20/h8-13,17,25H,5-6,14-16,18-19H2,1-4H3. The predicted molar refractivity (Wildman–Crippen MR) is 124 cm³/mol. The van der Waals surface area contributed by atoms with Crippen molar-refractivity contribution >= 4 is 0 Å². The molecule has 31 heavy (non-hydrogen) atoms. The van der Waals surface area contributed by atoms with Gasteiger partial charge >= 0.3 is 0 Å². The molecule has 0 N–H and O–H groups in total. The lowest BCUT2D eigenvalue weighted by Crippen LogP contribution is -2.38. The van der Waals surface area contributed by atoms with E-state index in [0.717, 1.165) is 44.1 Å². The van der Waals surface area contributed by atoms with Crippen molar-refractivity contribution in [1.29, 1.82) is 0 Å². The van der Waals surface area contributed by atoms with Crippen molar-refractivity contribution in [3.8, 4) is 11.5 Å². The van der Waals surface area contributed by atoms with Gasteiger partial charge in [0.25, 0.3) is 0 Å². The number of likely N-dealkylation sites (N-methyl/N-ethyl adjacent to an activating group) is 1. The lowest BCUT2D eigenvalue weighted by Gasteiger charge is -2.36. The number of rotatable bonds is 6. The van der Waals surface area contributed by atoms with Gasteiger partial charge in [-0.2, -0.15) is 0 Å². The Balaban J connectivity index is 1.43. The number of fused-ring (bicyclic) bond motifs is 1. The SMILES string of the molecule is COc1ccc(C2CN(C)Cc3cc(OCC[C]=C4N(C)CCCN4C)ccc32)cc1. The zero-order chi connectivity index (χ0) is 21.8. The van der Waals surface area contributed by atoms with E-state index >= 15 is 0 Å². The fourth-order valence-electron chi connectivity index (χ4n) is 4.69. The number of hydrogen-bond donors (Lipinski definition) is 0. The van der Waals surface area contributed by atoms with Crippen molar-refractivity contribution in [2.24, 2.45) is 0 Å². The fourth-order valence-corrected chi connectivity index (χ4v) is 4.69. The van der Waals surface area contributed by atoms with Gasteiger partial charge in [-0.15, -0.1) is 0 Å².